The zero-order valence-corrected chi connectivity index (χ0v) is 14.6. The van der Waals surface area contributed by atoms with Crippen LogP contribution in [0.2, 0.25) is 0 Å². The number of aryl methyl sites for hydroxylation is 1. The molecule has 0 radical (unpaired) electrons. The molecular formula is C22H22O3. The summed E-state index contributed by atoms with van der Waals surface area (Å²) in [7, 11) is 0. The van der Waals surface area contributed by atoms with E-state index in [4.69, 9.17) is 4.74 Å². The van der Waals surface area contributed by atoms with Gasteiger partial charge in [-0.25, -0.2) is 0 Å². The Hall–Kier alpha value is -2.39. The van der Waals surface area contributed by atoms with Crippen LogP contribution in [0.15, 0.2) is 54.3 Å². The average molecular weight is 334 g/mol. The minimum absolute atomic E-state index is 0.0883. The predicted octanol–water partition coefficient (Wildman–Crippen LogP) is 4.71. The molecule has 1 fully saturated rings. The van der Waals surface area contributed by atoms with Crippen LogP contribution in [0, 0.1) is 0 Å². The number of hydrogen-bond acceptors (Lipinski definition) is 3. The standard InChI is InChI=1S/C22H22O3/c1-3-14-13-16(15-7-5-4-6-8-15)9-10-17(14)19-20(23)18-11-12-22(2,25-18)21(19)24/h4-10,13,18,24H,3,11-12H2,1-2H3. The van der Waals surface area contributed by atoms with Gasteiger partial charge in [-0.2, -0.15) is 0 Å². The summed E-state index contributed by atoms with van der Waals surface area (Å²) in [5.41, 5.74) is 3.90. The molecule has 1 saturated heterocycles. The fourth-order valence-electron chi connectivity index (χ4n) is 3.94. The lowest BCUT2D eigenvalue weighted by Crippen LogP contribution is -2.37. The van der Waals surface area contributed by atoms with Crippen molar-refractivity contribution < 1.29 is 14.6 Å². The van der Waals surface area contributed by atoms with Gasteiger partial charge in [0.05, 0.1) is 5.57 Å². The van der Waals surface area contributed by atoms with Gasteiger partial charge in [0.15, 0.2) is 5.78 Å². The molecule has 3 nitrogen and oxygen atoms in total. The maximum atomic E-state index is 12.8. The van der Waals surface area contributed by atoms with E-state index >= 15 is 0 Å². The molecule has 0 amide bonds. The Morgan fingerprint density at radius 3 is 2.64 bits per heavy atom. The van der Waals surface area contributed by atoms with Crippen molar-refractivity contribution in [1.29, 1.82) is 0 Å². The highest BCUT2D eigenvalue weighted by atomic mass is 16.5. The Balaban J connectivity index is 1.85. The number of ether oxygens (including phenoxy) is 1. The second-order valence-electron chi connectivity index (χ2n) is 7.06. The van der Waals surface area contributed by atoms with Gasteiger partial charge in [-0.05, 0) is 48.4 Å². The van der Waals surface area contributed by atoms with Crippen molar-refractivity contribution in [2.75, 3.05) is 0 Å². The third kappa shape index (κ3) is 2.50. The molecule has 2 aliphatic rings. The van der Waals surface area contributed by atoms with E-state index in [1.165, 1.54) is 0 Å². The molecule has 4 rings (SSSR count). The second-order valence-corrected chi connectivity index (χ2v) is 7.06. The van der Waals surface area contributed by atoms with Gasteiger partial charge in [0.2, 0.25) is 0 Å². The van der Waals surface area contributed by atoms with Crippen molar-refractivity contribution in [2.24, 2.45) is 0 Å². The molecule has 25 heavy (non-hydrogen) atoms. The zero-order chi connectivity index (χ0) is 17.6. The summed E-state index contributed by atoms with van der Waals surface area (Å²) < 4.78 is 5.77. The Kier molecular flexibility index (Phi) is 3.77. The Labute approximate surface area is 148 Å². The second kappa shape index (κ2) is 5.85. The van der Waals surface area contributed by atoms with E-state index in [0.29, 0.717) is 18.4 Å². The summed E-state index contributed by atoms with van der Waals surface area (Å²) in [6.07, 6.45) is 1.73. The van der Waals surface area contributed by atoms with Crippen LogP contribution in [0.3, 0.4) is 0 Å². The molecule has 2 heterocycles. The van der Waals surface area contributed by atoms with Gasteiger partial charge in [-0.1, -0.05) is 55.5 Å². The molecule has 2 aromatic carbocycles. The molecule has 2 bridgehead atoms. The fourth-order valence-corrected chi connectivity index (χ4v) is 3.94. The maximum Gasteiger partial charge on any atom is 0.195 e. The van der Waals surface area contributed by atoms with Crippen molar-refractivity contribution >= 4 is 11.4 Å². The number of carbonyl (C=O) groups is 1. The number of benzene rings is 2. The van der Waals surface area contributed by atoms with Crippen molar-refractivity contribution in [3.05, 3.63) is 65.4 Å². The van der Waals surface area contributed by atoms with Gasteiger partial charge in [0.1, 0.15) is 17.5 Å². The van der Waals surface area contributed by atoms with E-state index in [0.717, 1.165) is 28.7 Å². The molecule has 1 N–H and O–H groups in total. The Morgan fingerprint density at radius 1 is 1.16 bits per heavy atom. The Bertz CT molecular complexity index is 866. The van der Waals surface area contributed by atoms with Crippen LogP contribution in [-0.2, 0) is 16.0 Å². The monoisotopic (exact) mass is 334 g/mol. The molecule has 128 valence electrons. The molecule has 3 heteroatoms. The minimum Gasteiger partial charge on any atom is -0.508 e. The third-order valence-corrected chi connectivity index (χ3v) is 5.43. The maximum absolute atomic E-state index is 12.8. The molecule has 0 saturated carbocycles. The minimum atomic E-state index is -0.725. The molecule has 0 aromatic heterocycles. The topological polar surface area (TPSA) is 46.5 Å². The fraction of sp³-hybridized carbons (Fsp3) is 0.318. The quantitative estimate of drug-likeness (QED) is 0.884. The number of ketones is 1. The normalized spacial score (nSPS) is 25.5. The number of Topliss-reactive ketones (excluding diaryl/α,β-unsaturated/α-hetero) is 1. The first-order chi connectivity index (χ1) is 12.0. The van der Waals surface area contributed by atoms with Crippen LogP contribution in [-0.4, -0.2) is 22.6 Å². The molecule has 2 aromatic rings. The number of aliphatic hydroxyl groups excluding tert-OH is 1. The van der Waals surface area contributed by atoms with Crippen LogP contribution in [0.25, 0.3) is 16.7 Å². The lowest BCUT2D eigenvalue weighted by molar-refractivity contribution is -0.130. The Morgan fingerprint density at radius 2 is 1.92 bits per heavy atom. The molecule has 2 aliphatic heterocycles. The highest BCUT2D eigenvalue weighted by Crippen LogP contribution is 2.45. The summed E-state index contributed by atoms with van der Waals surface area (Å²) in [4.78, 5) is 12.8. The number of aliphatic hydroxyl groups is 1. The number of fused-ring (bicyclic) bond motifs is 2. The number of carbonyl (C=O) groups excluding carboxylic acids is 1. The summed E-state index contributed by atoms with van der Waals surface area (Å²) >= 11 is 0. The molecule has 0 spiro atoms. The molecular weight excluding hydrogens is 312 g/mol. The largest absolute Gasteiger partial charge is 0.508 e. The SMILES string of the molecule is CCc1cc(-c2ccccc2)ccc1C1=C(O)C2(C)CCC(O2)C1=O. The number of rotatable bonds is 3. The van der Waals surface area contributed by atoms with Crippen LogP contribution in [0.5, 0.6) is 0 Å². The van der Waals surface area contributed by atoms with E-state index in [1.54, 1.807) is 0 Å². The highest BCUT2D eigenvalue weighted by Gasteiger charge is 2.50. The third-order valence-electron chi connectivity index (χ3n) is 5.43. The van der Waals surface area contributed by atoms with Gasteiger partial charge in [-0.3, -0.25) is 4.79 Å². The number of hydrogen-bond donors (Lipinski definition) is 1. The highest BCUT2D eigenvalue weighted by molar-refractivity contribution is 6.25. The average Bonchev–Trinajstić information content (AvgIpc) is 3.02. The first-order valence-electron chi connectivity index (χ1n) is 8.88. The van der Waals surface area contributed by atoms with Crippen molar-refractivity contribution in [3.8, 4) is 11.1 Å². The summed E-state index contributed by atoms with van der Waals surface area (Å²) in [6, 6.07) is 16.3. The summed E-state index contributed by atoms with van der Waals surface area (Å²) in [6.45, 7) is 3.95. The van der Waals surface area contributed by atoms with Crippen LogP contribution in [0.1, 0.15) is 37.8 Å². The molecule has 0 aliphatic carbocycles. The van der Waals surface area contributed by atoms with Crippen molar-refractivity contribution in [3.63, 3.8) is 0 Å². The lowest BCUT2D eigenvalue weighted by atomic mass is 9.87. The summed E-state index contributed by atoms with van der Waals surface area (Å²) in [5.74, 6) is 0.00282. The van der Waals surface area contributed by atoms with E-state index in [2.05, 4.69) is 25.1 Å². The zero-order valence-electron chi connectivity index (χ0n) is 14.6. The molecule has 2 unspecified atom stereocenters. The smallest absolute Gasteiger partial charge is 0.195 e. The van der Waals surface area contributed by atoms with Crippen LogP contribution < -0.4 is 0 Å². The van der Waals surface area contributed by atoms with Crippen LogP contribution in [0.4, 0.5) is 0 Å². The van der Waals surface area contributed by atoms with E-state index < -0.39 is 11.7 Å². The van der Waals surface area contributed by atoms with Gasteiger partial charge in [0.25, 0.3) is 0 Å². The van der Waals surface area contributed by atoms with E-state index in [1.807, 2.05) is 37.3 Å². The van der Waals surface area contributed by atoms with E-state index in [-0.39, 0.29) is 11.5 Å². The van der Waals surface area contributed by atoms with Gasteiger partial charge in [-0.15, -0.1) is 0 Å². The van der Waals surface area contributed by atoms with Crippen LogP contribution >= 0.6 is 0 Å². The lowest BCUT2D eigenvalue weighted by Gasteiger charge is -2.31. The van der Waals surface area contributed by atoms with Gasteiger partial charge >= 0.3 is 0 Å². The van der Waals surface area contributed by atoms with Crippen molar-refractivity contribution in [2.45, 2.75) is 44.8 Å². The molecule has 2 atom stereocenters. The first kappa shape index (κ1) is 16.1. The van der Waals surface area contributed by atoms with E-state index in [9.17, 15) is 9.90 Å². The van der Waals surface area contributed by atoms with Gasteiger partial charge < -0.3 is 9.84 Å². The first-order valence-corrected chi connectivity index (χ1v) is 8.88. The van der Waals surface area contributed by atoms with Gasteiger partial charge in [0, 0.05) is 0 Å². The van der Waals surface area contributed by atoms with Crippen molar-refractivity contribution in [1.82, 2.24) is 0 Å². The summed E-state index contributed by atoms with van der Waals surface area (Å²) in [5, 5.41) is 10.8. The predicted molar refractivity (Wildman–Crippen MR) is 98.3 cm³/mol.